The minimum absolute atomic E-state index is 0.133. The van der Waals surface area contributed by atoms with Crippen LogP contribution in [0.3, 0.4) is 0 Å². The first-order valence-corrected chi connectivity index (χ1v) is 6.78. The predicted molar refractivity (Wildman–Crippen MR) is 74.6 cm³/mol. The molecule has 1 atom stereocenters. The van der Waals surface area contributed by atoms with Crippen molar-refractivity contribution in [2.75, 3.05) is 13.6 Å². The molecule has 102 valence electrons. The number of nitrogens with one attached hydrogen (secondary N) is 1. The SMILES string of the molecule is CNC(=O)[C@@H]1CCCN1C(=O)c1ccc(Cl)c(Cl)c1. The van der Waals surface area contributed by atoms with Gasteiger partial charge in [-0.3, -0.25) is 9.59 Å². The van der Waals surface area contributed by atoms with Crippen molar-refractivity contribution >= 4 is 35.0 Å². The van der Waals surface area contributed by atoms with E-state index in [0.717, 1.165) is 6.42 Å². The van der Waals surface area contributed by atoms with Crippen LogP contribution in [-0.4, -0.2) is 36.3 Å². The Bertz CT molecular complexity index is 519. The molecule has 1 fully saturated rings. The second-order valence-electron chi connectivity index (χ2n) is 4.40. The topological polar surface area (TPSA) is 49.4 Å². The number of likely N-dealkylation sites (tertiary alicyclic amines) is 1. The minimum Gasteiger partial charge on any atom is -0.357 e. The first-order chi connectivity index (χ1) is 9.04. The fourth-order valence-electron chi connectivity index (χ4n) is 2.24. The summed E-state index contributed by atoms with van der Waals surface area (Å²) in [6.45, 7) is 0.581. The highest BCUT2D eigenvalue weighted by Crippen LogP contribution is 2.25. The predicted octanol–water partition coefficient (Wildman–Crippen LogP) is 2.34. The minimum atomic E-state index is -0.396. The fraction of sp³-hybridized carbons (Fsp3) is 0.385. The van der Waals surface area contributed by atoms with Gasteiger partial charge in [0.05, 0.1) is 10.0 Å². The lowest BCUT2D eigenvalue weighted by Gasteiger charge is -2.23. The molecular weight excluding hydrogens is 287 g/mol. The van der Waals surface area contributed by atoms with Gasteiger partial charge in [-0.25, -0.2) is 0 Å². The van der Waals surface area contributed by atoms with Crippen molar-refractivity contribution in [1.82, 2.24) is 10.2 Å². The van der Waals surface area contributed by atoms with Crippen molar-refractivity contribution in [2.45, 2.75) is 18.9 Å². The normalized spacial score (nSPS) is 18.5. The zero-order valence-electron chi connectivity index (χ0n) is 10.5. The lowest BCUT2D eigenvalue weighted by Crippen LogP contribution is -2.44. The Morgan fingerprint density at radius 1 is 1.32 bits per heavy atom. The van der Waals surface area contributed by atoms with Crippen LogP contribution in [0.4, 0.5) is 0 Å². The maximum Gasteiger partial charge on any atom is 0.254 e. The molecule has 0 aromatic heterocycles. The van der Waals surface area contributed by atoms with E-state index in [4.69, 9.17) is 23.2 Å². The van der Waals surface area contributed by atoms with Crippen LogP contribution >= 0.6 is 23.2 Å². The van der Waals surface area contributed by atoms with Crippen molar-refractivity contribution in [1.29, 1.82) is 0 Å². The smallest absolute Gasteiger partial charge is 0.254 e. The van der Waals surface area contributed by atoms with Gasteiger partial charge in [-0.15, -0.1) is 0 Å². The van der Waals surface area contributed by atoms with E-state index in [1.165, 1.54) is 6.07 Å². The molecule has 1 aromatic rings. The Hall–Kier alpha value is -1.26. The van der Waals surface area contributed by atoms with E-state index in [-0.39, 0.29) is 11.8 Å². The van der Waals surface area contributed by atoms with Crippen LogP contribution in [0.15, 0.2) is 18.2 Å². The Kier molecular flexibility index (Phi) is 4.32. The molecule has 1 N–H and O–H groups in total. The average molecular weight is 301 g/mol. The van der Waals surface area contributed by atoms with Crippen LogP contribution in [0.2, 0.25) is 10.0 Å². The number of benzene rings is 1. The van der Waals surface area contributed by atoms with Crippen LogP contribution in [0.25, 0.3) is 0 Å². The summed E-state index contributed by atoms with van der Waals surface area (Å²) in [6, 6.07) is 4.34. The number of carbonyl (C=O) groups excluding carboxylic acids is 2. The molecule has 6 heteroatoms. The Morgan fingerprint density at radius 3 is 2.68 bits per heavy atom. The van der Waals surface area contributed by atoms with Gasteiger partial charge in [0.25, 0.3) is 5.91 Å². The lowest BCUT2D eigenvalue weighted by molar-refractivity contribution is -0.124. The summed E-state index contributed by atoms with van der Waals surface area (Å²) in [4.78, 5) is 25.7. The van der Waals surface area contributed by atoms with Gasteiger partial charge < -0.3 is 10.2 Å². The fourth-order valence-corrected chi connectivity index (χ4v) is 2.54. The van der Waals surface area contributed by atoms with Gasteiger partial charge >= 0.3 is 0 Å². The highest BCUT2D eigenvalue weighted by atomic mass is 35.5. The lowest BCUT2D eigenvalue weighted by atomic mass is 10.1. The summed E-state index contributed by atoms with van der Waals surface area (Å²) in [5, 5.41) is 3.33. The number of carbonyl (C=O) groups is 2. The summed E-state index contributed by atoms with van der Waals surface area (Å²) in [5.41, 5.74) is 0.449. The van der Waals surface area contributed by atoms with Crippen LogP contribution in [-0.2, 0) is 4.79 Å². The van der Waals surface area contributed by atoms with Crippen molar-refractivity contribution in [2.24, 2.45) is 0 Å². The van der Waals surface area contributed by atoms with Crippen LogP contribution in [0, 0.1) is 0 Å². The number of nitrogens with zero attached hydrogens (tertiary/aromatic N) is 1. The molecular formula is C13H14Cl2N2O2. The molecule has 19 heavy (non-hydrogen) atoms. The summed E-state index contributed by atoms with van der Waals surface area (Å²) in [5.74, 6) is -0.324. The molecule has 1 aliphatic heterocycles. The van der Waals surface area contributed by atoms with E-state index in [9.17, 15) is 9.59 Å². The van der Waals surface area contributed by atoms with Gasteiger partial charge in [0.15, 0.2) is 0 Å². The standard InChI is InChI=1S/C13H14Cl2N2O2/c1-16-12(18)11-3-2-6-17(11)13(19)8-4-5-9(14)10(15)7-8/h4-5,7,11H,2-3,6H2,1H3,(H,16,18)/t11-/m0/s1. The largest absolute Gasteiger partial charge is 0.357 e. The highest BCUT2D eigenvalue weighted by Gasteiger charge is 2.34. The van der Waals surface area contributed by atoms with E-state index in [1.807, 2.05) is 0 Å². The first-order valence-electron chi connectivity index (χ1n) is 6.02. The van der Waals surface area contributed by atoms with Crippen molar-refractivity contribution < 1.29 is 9.59 Å². The molecule has 4 nitrogen and oxygen atoms in total. The van der Waals surface area contributed by atoms with Gasteiger partial charge in [-0.05, 0) is 31.0 Å². The number of hydrogen-bond acceptors (Lipinski definition) is 2. The monoisotopic (exact) mass is 300 g/mol. The molecule has 1 saturated heterocycles. The average Bonchev–Trinajstić information content (AvgIpc) is 2.89. The van der Waals surface area contributed by atoms with Crippen molar-refractivity contribution in [3.63, 3.8) is 0 Å². The van der Waals surface area contributed by atoms with Gasteiger partial charge in [0.2, 0.25) is 5.91 Å². The Balaban J connectivity index is 2.23. The molecule has 2 rings (SSSR count). The molecule has 0 radical (unpaired) electrons. The third kappa shape index (κ3) is 2.85. The van der Waals surface area contributed by atoms with Gasteiger partial charge in [0, 0.05) is 19.2 Å². The second kappa shape index (κ2) is 5.80. The highest BCUT2D eigenvalue weighted by molar-refractivity contribution is 6.42. The molecule has 1 aliphatic rings. The zero-order valence-corrected chi connectivity index (χ0v) is 12.0. The number of rotatable bonds is 2. The summed E-state index contributed by atoms with van der Waals surface area (Å²) >= 11 is 11.7. The molecule has 0 bridgehead atoms. The van der Waals surface area contributed by atoms with Crippen molar-refractivity contribution in [3.8, 4) is 0 Å². The second-order valence-corrected chi connectivity index (χ2v) is 5.21. The number of halogens is 2. The van der Waals surface area contributed by atoms with E-state index in [2.05, 4.69) is 5.32 Å². The zero-order chi connectivity index (χ0) is 14.0. The van der Waals surface area contributed by atoms with Crippen LogP contribution in [0.1, 0.15) is 23.2 Å². The van der Waals surface area contributed by atoms with Crippen molar-refractivity contribution in [3.05, 3.63) is 33.8 Å². The van der Waals surface area contributed by atoms with E-state index < -0.39 is 6.04 Å². The first kappa shape index (κ1) is 14.2. The molecule has 0 spiro atoms. The summed E-state index contributed by atoms with van der Waals surface area (Å²) in [7, 11) is 1.57. The molecule has 1 aromatic carbocycles. The molecule has 0 saturated carbocycles. The molecule has 1 heterocycles. The quantitative estimate of drug-likeness (QED) is 0.911. The van der Waals surface area contributed by atoms with Gasteiger partial charge in [-0.1, -0.05) is 23.2 Å². The molecule has 0 aliphatic carbocycles. The Morgan fingerprint density at radius 2 is 2.05 bits per heavy atom. The van der Waals surface area contributed by atoms with E-state index in [0.29, 0.717) is 28.6 Å². The molecule has 2 amide bonds. The summed E-state index contributed by atoms with van der Waals surface area (Å²) < 4.78 is 0. The van der Waals surface area contributed by atoms with Crippen LogP contribution in [0.5, 0.6) is 0 Å². The Labute approximate surface area is 121 Å². The van der Waals surface area contributed by atoms with Gasteiger partial charge in [0.1, 0.15) is 6.04 Å². The number of amides is 2. The maximum atomic E-state index is 12.4. The molecule has 0 unspecified atom stereocenters. The van der Waals surface area contributed by atoms with Gasteiger partial charge in [-0.2, -0.15) is 0 Å². The summed E-state index contributed by atoms with van der Waals surface area (Å²) in [6.07, 6.45) is 1.51. The van der Waals surface area contributed by atoms with Crippen LogP contribution < -0.4 is 5.32 Å². The third-order valence-corrected chi connectivity index (χ3v) is 3.97. The third-order valence-electron chi connectivity index (χ3n) is 3.23. The van der Waals surface area contributed by atoms with E-state index >= 15 is 0 Å². The number of likely N-dealkylation sites (N-methyl/N-ethyl adjacent to an activating group) is 1. The number of hydrogen-bond donors (Lipinski definition) is 1. The maximum absolute atomic E-state index is 12.4. The van der Waals surface area contributed by atoms with E-state index in [1.54, 1.807) is 24.1 Å².